The van der Waals surface area contributed by atoms with Gasteiger partial charge in [0.1, 0.15) is 6.04 Å². The first kappa shape index (κ1) is 32.3. The summed E-state index contributed by atoms with van der Waals surface area (Å²) < 4.78 is 0. The van der Waals surface area contributed by atoms with E-state index in [1.54, 1.807) is 21.9 Å². The average molecular weight is 601 g/mol. The Labute approximate surface area is 256 Å². The zero-order valence-corrected chi connectivity index (χ0v) is 27.1. The maximum atomic E-state index is 14.4. The summed E-state index contributed by atoms with van der Waals surface area (Å²) in [6.07, 6.45) is 4.16. The van der Waals surface area contributed by atoms with E-state index in [2.05, 4.69) is 13.8 Å². The molecule has 4 amide bonds. The topological polar surface area (TPSA) is 104 Å². The Bertz CT molecular complexity index is 1180. The number of hydrogen-bond acceptors (Lipinski definition) is 4. The van der Waals surface area contributed by atoms with Crippen LogP contribution in [0.15, 0.2) is 24.3 Å². The van der Waals surface area contributed by atoms with Crippen LogP contribution in [0.1, 0.15) is 92.1 Å². The third kappa shape index (κ3) is 6.79. The fourth-order valence-electron chi connectivity index (χ4n) is 7.07. The van der Waals surface area contributed by atoms with Crippen LogP contribution in [-0.2, 0) is 19.2 Å². The minimum absolute atomic E-state index is 0.00261. The van der Waals surface area contributed by atoms with Gasteiger partial charge < -0.3 is 20.4 Å². The van der Waals surface area contributed by atoms with Gasteiger partial charge in [-0.2, -0.15) is 0 Å². The molecule has 42 heavy (non-hydrogen) atoms. The van der Waals surface area contributed by atoms with Gasteiger partial charge in [-0.25, -0.2) is 0 Å². The van der Waals surface area contributed by atoms with Crippen molar-refractivity contribution < 1.29 is 19.2 Å². The van der Waals surface area contributed by atoms with Crippen LogP contribution in [0.2, 0.25) is 5.02 Å². The van der Waals surface area contributed by atoms with Crippen LogP contribution in [0.4, 0.5) is 0 Å². The number of hydrogen-bond donors (Lipinski definition) is 1. The highest BCUT2D eigenvalue weighted by molar-refractivity contribution is 6.30. The van der Waals surface area contributed by atoms with E-state index in [0.717, 1.165) is 31.2 Å². The first-order valence-electron chi connectivity index (χ1n) is 15.5. The quantitative estimate of drug-likeness (QED) is 0.505. The van der Waals surface area contributed by atoms with Crippen LogP contribution in [-0.4, -0.2) is 76.1 Å². The molecule has 1 aliphatic carbocycles. The van der Waals surface area contributed by atoms with Gasteiger partial charge in [0.2, 0.25) is 23.6 Å². The van der Waals surface area contributed by atoms with Crippen LogP contribution < -0.4 is 5.73 Å². The van der Waals surface area contributed by atoms with E-state index in [1.807, 2.05) is 51.7 Å². The van der Waals surface area contributed by atoms with Gasteiger partial charge >= 0.3 is 0 Å². The van der Waals surface area contributed by atoms with E-state index in [1.165, 1.54) is 0 Å². The molecule has 1 aromatic carbocycles. The third-order valence-corrected chi connectivity index (χ3v) is 9.85. The lowest BCUT2D eigenvalue weighted by molar-refractivity contribution is -0.147. The van der Waals surface area contributed by atoms with Gasteiger partial charge in [0.15, 0.2) is 0 Å². The molecule has 0 unspecified atom stereocenters. The van der Waals surface area contributed by atoms with Crippen LogP contribution >= 0.6 is 11.6 Å². The predicted molar refractivity (Wildman–Crippen MR) is 165 cm³/mol. The second kappa shape index (κ2) is 12.2. The number of nitrogens with zero attached hydrogens (tertiary/aromatic N) is 3. The monoisotopic (exact) mass is 600 g/mol. The van der Waals surface area contributed by atoms with Crippen LogP contribution in [0.5, 0.6) is 0 Å². The number of benzene rings is 1. The second-order valence-corrected chi connectivity index (χ2v) is 15.3. The molecular formula is C33H49ClN4O4. The predicted octanol–water partition coefficient (Wildman–Crippen LogP) is 4.84. The maximum absolute atomic E-state index is 14.4. The number of amides is 4. The number of rotatable bonds is 6. The van der Waals surface area contributed by atoms with E-state index in [4.69, 9.17) is 17.3 Å². The Morgan fingerprint density at radius 3 is 2.10 bits per heavy atom. The molecule has 1 saturated carbocycles. The van der Waals surface area contributed by atoms with Crippen molar-refractivity contribution in [1.29, 1.82) is 0 Å². The summed E-state index contributed by atoms with van der Waals surface area (Å²) in [5.74, 6) is -1.67. The van der Waals surface area contributed by atoms with Crippen molar-refractivity contribution in [2.24, 2.45) is 28.4 Å². The van der Waals surface area contributed by atoms with Crippen molar-refractivity contribution in [2.45, 2.75) is 105 Å². The van der Waals surface area contributed by atoms with Gasteiger partial charge in [-0.3, -0.25) is 19.2 Å². The number of primary amides is 1. The molecule has 4 rings (SSSR count). The number of likely N-dealkylation sites (tertiary alicyclic amines) is 2. The lowest BCUT2D eigenvalue weighted by Crippen LogP contribution is -2.54. The molecule has 4 atom stereocenters. The Morgan fingerprint density at radius 1 is 0.976 bits per heavy atom. The summed E-state index contributed by atoms with van der Waals surface area (Å²) >= 11 is 6.16. The molecule has 2 saturated heterocycles. The summed E-state index contributed by atoms with van der Waals surface area (Å²) in [5.41, 5.74) is 6.49. The lowest BCUT2D eigenvalue weighted by atomic mass is 9.74. The fraction of sp³-hybridized carbons (Fsp3) is 0.697. The first-order valence-corrected chi connectivity index (χ1v) is 15.8. The van der Waals surface area contributed by atoms with Crippen molar-refractivity contribution in [3.63, 3.8) is 0 Å². The smallest absolute Gasteiger partial charge is 0.240 e. The first-order chi connectivity index (χ1) is 19.5. The minimum atomic E-state index is -0.807. The highest BCUT2D eigenvalue weighted by Crippen LogP contribution is 2.41. The molecule has 3 fully saturated rings. The molecule has 2 N–H and O–H groups in total. The maximum Gasteiger partial charge on any atom is 0.240 e. The van der Waals surface area contributed by atoms with Gasteiger partial charge in [0, 0.05) is 47.9 Å². The molecule has 1 aromatic rings. The van der Waals surface area contributed by atoms with Gasteiger partial charge in [-0.15, -0.1) is 0 Å². The number of carbonyl (C=O) groups is 4. The largest absolute Gasteiger partial charge is 0.368 e. The standard InChI is InChI=1S/C33H49ClN4O4/c1-20(2)29(40)36-18-25(21-8-10-22(34)11-9-21)26(19-36)30(41)37-17-24(16-27(37)28(35)39)38(31(42)32(3,4)5)23-12-14-33(6,7)15-13-23/h8-11,20,23-27H,12-19H2,1-7H3,(H2,35,39)/t24-,25-,26+,27-/m0/s1. The molecule has 2 aliphatic heterocycles. The molecule has 0 radical (unpaired) electrons. The summed E-state index contributed by atoms with van der Waals surface area (Å²) in [5, 5.41) is 0.598. The average Bonchev–Trinajstić information content (AvgIpc) is 3.54. The highest BCUT2D eigenvalue weighted by atomic mass is 35.5. The minimum Gasteiger partial charge on any atom is -0.368 e. The lowest BCUT2D eigenvalue weighted by Gasteiger charge is -2.45. The number of halogens is 1. The Morgan fingerprint density at radius 2 is 1.57 bits per heavy atom. The molecule has 0 aromatic heterocycles. The highest BCUT2D eigenvalue weighted by Gasteiger charge is 2.50. The molecule has 8 nitrogen and oxygen atoms in total. The van der Waals surface area contributed by atoms with Crippen molar-refractivity contribution in [2.75, 3.05) is 19.6 Å². The van der Waals surface area contributed by atoms with Gasteiger partial charge in [0.05, 0.1) is 12.0 Å². The van der Waals surface area contributed by atoms with E-state index in [9.17, 15) is 19.2 Å². The van der Waals surface area contributed by atoms with Gasteiger partial charge in [-0.1, -0.05) is 72.2 Å². The Hall–Kier alpha value is -2.61. The summed E-state index contributed by atoms with van der Waals surface area (Å²) in [6.45, 7) is 15.0. The number of carbonyl (C=O) groups excluding carboxylic acids is 4. The second-order valence-electron chi connectivity index (χ2n) is 14.8. The number of nitrogens with two attached hydrogens (primary N) is 1. The molecule has 3 aliphatic rings. The Balaban J connectivity index is 1.65. The normalized spacial score (nSPS) is 26.5. The van der Waals surface area contributed by atoms with Crippen LogP contribution in [0, 0.1) is 22.7 Å². The van der Waals surface area contributed by atoms with E-state index < -0.39 is 23.3 Å². The zero-order chi connectivity index (χ0) is 31.1. The van der Waals surface area contributed by atoms with Crippen molar-refractivity contribution in [1.82, 2.24) is 14.7 Å². The summed E-state index contributed by atoms with van der Waals surface area (Å²) in [4.78, 5) is 59.5. The SMILES string of the molecule is CC(C)C(=O)N1C[C@@H](C(=O)N2C[C@@H](N(C(=O)C(C)(C)C)C3CCC(C)(C)CC3)C[C@H]2C(N)=O)[C@H](c2ccc(Cl)cc2)C1. The molecular weight excluding hydrogens is 552 g/mol. The van der Waals surface area contributed by atoms with Gasteiger partial charge in [0.25, 0.3) is 0 Å². The molecule has 2 heterocycles. The van der Waals surface area contributed by atoms with Crippen molar-refractivity contribution >= 4 is 35.2 Å². The Kier molecular flexibility index (Phi) is 9.37. The fourth-order valence-corrected chi connectivity index (χ4v) is 7.19. The molecule has 232 valence electrons. The third-order valence-electron chi connectivity index (χ3n) is 9.60. The van der Waals surface area contributed by atoms with E-state index >= 15 is 0 Å². The molecule has 0 bridgehead atoms. The van der Waals surface area contributed by atoms with Crippen molar-refractivity contribution in [3.8, 4) is 0 Å². The van der Waals surface area contributed by atoms with Crippen molar-refractivity contribution in [3.05, 3.63) is 34.9 Å². The van der Waals surface area contributed by atoms with Crippen LogP contribution in [0.25, 0.3) is 0 Å². The summed E-state index contributed by atoms with van der Waals surface area (Å²) in [6, 6.07) is 6.36. The van der Waals surface area contributed by atoms with E-state index in [-0.39, 0.29) is 60.1 Å². The van der Waals surface area contributed by atoms with Gasteiger partial charge in [-0.05, 0) is 55.2 Å². The zero-order valence-electron chi connectivity index (χ0n) is 26.4. The van der Waals surface area contributed by atoms with E-state index in [0.29, 0.717) is 18.0 Å². The summed E-state index contributed by atoms with van der Waals surface area (Å²) in [7, 11) is 0. The van der Waals surface area contributed by atoms with Crippen LogP contribution in [0.3, 0.4) is 0 Å². The molecule has 0 spiro atoms. The molecule has 9 heteroatoms.